The van der Waals surface area contributed by atoms with Gasteiger partial charge in [-0.2, -0.15) is 5.26 Å². The molecule has 1 aromatic carbocycles. The second-order valence-electron chi connectivity index (χ2n) is 7.24. The van der Waals surface area contributed by atoms with Crippen LogP contribution >= 0.6 is 0 Å². The SMILES string of the molecule is N#Cc1ncc(C2(O)CC3CCCC(C2)N3Cc2ccccc2)cn1. The molecule has 2 aliphatic rings. The Morgan fingerprint density at radius 1 is 1.12 bits per heavy atom. The molecule has 0 saturated carbocycles. The molecular formula is C20H22N4O. The van der Waals surface area contributed by atoms with Crippen LogP contribution in [0.25, 0.3) is 0 Å². The third kappa shape index (κ3) is 3.15. The van der Waals surface area contributed by atoms with Crippen LogP contribution in [0.3, 0.4) is 0 Å². The van der Waals surface area contributed by atoms with Crippen LogP contribution < -0.4 is 0 Å². The van der Waals surface area contributed by atoms with Crippen molar-refractivity contribution in [3.05, 3.63) is 59.7 Å². The van der Waals surface area contributed by atoms with E-state index in [-0.39, 0.29) is 5.82 Å². The highest BCUT2D eigenvalue weighted by Crippen LogP contribution is 2.44. The summed E-state index contributed by atoms with van der Waals surface area (Å²) in [6.07, 6.45) is 8.09. The number of fused-ring (bicyclic) bond motifs is 2. The normalized spacial score (nSPS) is 29.1. The number of nitrogens with zero attached hydrogens (tertiary/aromatic N) is 4. The fourth-order valence-corrected chi connectivity index (χ4v) is 4.43. The molecule has 2 aromatic rings. The highest BCUT2D eigenvalue weighted by Gasteiger charge is 2.46. The van der Waals surface area contributed by atoms with Gasteiger partial charge >= 0.3 is 0 Å². The number of nitriles is 1. The monoisotopic (exact) mass is 334 g/mol. The van der Waals surface area contributed by atoms with E-state index in [4.69, 9.17) is 5.26 Å². The largest absolute Gasteiger partial charge is 0.385 e. The second kappa shape index (κ2) is 6.55. The number of hydrogen-bond donors (Lipinski definition) is 1. The van der Waals surface area contributed by atoms with Gasteiger partial charge in [0.05, 0.1) is 5.60 Å². The number of benzene rings is 1. The number of hydrogen-bond acceptors (Lipinski definition) is 5. The zero-order chi connectivity index (χ0) is 17.3. The maximum atomic E-state index is 11.3. The van der Waals surface area contributed by atoms with Crippen LogP contribution in [0, 0.1) is 11.3 Å². The van der Waals surface area contributed by atoms with E-state index in [0.717, 1.165) is 24.9 Å². The Morgan fingerprint density at radius 2 is 1.76 bits per heavy atom. The molecule has 5 heteroatoms. The molecular weight excluding hydrogens is 312 g/mol. The summed E-state index contributed by atoms with van der Waals surface area (Å²) in [5.74, 6) is 0.147. The smallest absolute Gasteiger partial charge is 0.232 e. The Balaban J connectivity index is 1.56. The van der Waals surface area contributed by atoms with Crippen LogP contribution in [0.5, 0.6) is 0 Å². The fraction of sp³-hybridized carbons (Fsp3) is 0.450. The van der Waals surface area contributed by atoms with E-state index in [0.29, 0.717) is 24.9 Å². The van der Waals surface area contributed by atoms with Gasteiger partial charge in [0.1, 0.15) is 6.07 Å². The van der Waals surface area contributed by atoms with Gasteiger partial charge in [0.15, 0.2) is 0 Å². The molecule has 1 N–H and O–H groups in total. The zero-order valence-electron chi connectivity index (χ0n) is 14.2. The predicted octanol–water partition coefficient (Wildman–Crippen LogP) is 2.75. The molecule has 0 amide bonds. The Morgan fingerprint density at radius 3 is 2.36 bits per heavy atom. The quantitative estimate of drug-likeness (QED) is 0.934. The number of rotatable bonds is 3. The van der Waals surface area contributed by atoms with Crippen LogP contribution in [0.15, 0.2) is 42.7 Å². The molecule has 0 spiro atoms. The van der Waals surface area contributed by atoms with E-state index in [1.807, 2.05) is 12.1 Å². The van der Waals surface area contributed by atoms with Gasteiger partial charge in [0.25, 0.3) is 0 Å². The minimum atomic E-state index is -0.892. The maximum Gasteiger partial charge on any atom is 0.232 e. The van der Waals surface area contributed by atoms with Crippen molar-refractivity contribution >= 4 is 0 Å². The van der Waals surface area contributed by atoms with Crippen LogP contribution in [-0.2, 0) is 12.1 Å². The summed E-state index contributed by atoms with van der Waals surface area (Å²) in [4.78, 5) is 10.7. The van der Waals surface area contributed by atoms with Gasteiger partial charge < -0.3 is 5.11 Å². The second-order valence-corrected chi connectivity index (χ2v) is 7.24. The van der Waals surface area contributed by atoms with Gasteiger partial charge in [-0.05, 0) is 31.2 Å². The van der Waals surface area contributed by atoms with Crippen molar-refractivity contribution in [2.24, 2.45) is 0 Å². The van der Waals surface area contributed by atoms with Gasteiger partial charge in [-0.3, -0.25) is 4.90 Å². The minimum Gasteiger partial charge on any atom is -0.385 e. The van der Waals surface area contributed by atoms with Crippen LogP contribution in [0.4, 0.5) is 0 Å². The lowest BCUT2D eigenvalue weighted by Gasteiger charge is -2.52. The highest BCUT2D eigenvalue weighted by atomic mass is 16.3. The first-order chi connectivity index (χ1) is 12.2. The molecule has 0 aliphatic carbocycles. The van der Waals surface area contributed by atoms with E-state index < -0.39 is 5.60 Å². The van der Waals surface area contributed by atoms with E-state index in [9.17, 15) is 5.11 Å². The third-order valence-electron chi connectivity index (χ3n) is 5.66. The minimum absolute atomic E-state index is 0.147. The Labute approximate surface area is 148 Å². The first-order valence-electron chi connectivity index (χ1n) is 8.93. The van der Waals surface area contributed by atoms with Crippen molar-refractivity contribution in [1.29, 1.82) is 5.26 Å². The summed E-state index contributed by atoms with van der Waals surface area (Å²) in [6.45, 7) is 0.941. The molecule has 3 heterocycles. The van der Waals surface area contributed by atoms with Crippen molar-refractivity contribution in [2.75, 3.05) is 0 Å². The fourth-order valence-electron chi connectivity index (χ4n) is 4.43. The molecule has 2 bridgehead atoms. The molecule has 25 heavy (non-hydrogen) atoms. The third-order valence-corrected chi connectivity index (χ3v) is 5.66. The van der Waals surface area contributed by atoms with Crippen molar-refractivity contribution in [3.8, 4) is 6.07 Å². The van der Waals surface area contributed by atoms with Crippen LogP contribution in [-0.4, -0.2) is 32.1 Å². The summed E-state index contributed by atoms with van der Waals surface area (Å²) in [5.41, 5.74) is 1.17. The number of aliphatic hydroxyl groups is 1. The summed E-state index contributed by atoms with van der Waals surface area (Å²) >= 11 is 0. The molecule has 2 unspecified atom stereocenters. The molecule has 0 radical (unpaired) electrons. The van der Waals surface area contributed by atoms with E-state index in [1.165, 1.54) is 12.0 Å². The maximum absolute atomic E-state index is 11.3. The summed E-state index contributed by atoms with van der Waals surface area (Å²) in [7, 11) is 0. The lowest BCUT2D eigenvalue weighted by Crippen LogP contribution is -2.56. The topological polar surface area (TPSA) is 73.0 Å². The Kier molecular flexibility index (Phi) is 4.24. The first-order valence-corrected chi connectivity index (χ1v) is 8.93. The molecule has 2 atom stereocenters. The van der Waals surface area contributed by atoms with Gasteiger partial charge in [-0.1, -0.05) is 36.8 Å². The molecule has 1 aromatic heterocycles. The molecule has 2 aliphatic heterocycles. The predicted molar refractivity (Wildman–Crippen MR) is 93.3 cm³/mol. The molecule has 2 saturated heterocycles. The summed E-state index contributed by atoms with van der Waals surface area (Å²) in [5, 5.41) is 20.2. The number of piperidine rings is 2. The van der Waals surface area contributed by atoms with E-state index >= 15 is 0 Å². The average molecular weight is 334 g/mol. The lowest BCUT2D eigenvalue weighted by molar-refractivity contribution is -0.100. The lowest BCUT2D eigenvalue weighted by atomic mass is 9.73. The molecule has 5 nitrogen and oxygen atoms in total. The molecule has 128 valence electrons. The van der Waals surface area contributed by atoms with Crippen molar-refractivity contribution in [2.45, 2.75) is 56.3 Å². The van der Waals surface area contributed by atoms with Gasteiger partial charge in [0, 0.05) is 36.6 Å². The first kappa shape index (κ1) is 16.2. The van der Waals surface area contributed by atoms with Gasteiger partial charge in [-0.15, -0.1) is 0 Å². The van der Waals surface area contributed by atoms with Crippen LogP contribution in [0.1, 0.15) is 49.1 Å². The molecule has 2 fully saturated rings. The average Bonchev–Trinajstić information content (AvgIpc) is 2.64. The summed E-state index contributed by atoms with van der Waals surface area (Å²) in [6, 6.07) is 13.2. The van der Waals surface area contributed by atoms with Crippen molar-refractivity contribution in [3.63, 3.8) is 0 Å². The molecule has 4 rings (SSSR count). The Hall–Kier alpha value is -2.29. The zero-order valence-corrected chi connectivity index (χ0v) is 14.2. The van der Waals surface area contributed by atoms with Crippen LogP contribution in [0.2, 0.25) is 0 Å². The van der Waals surface area contributed by atoms with Gasteiger partial charge in [-0.25, -0.2) is 9.97 Å². The highest BCUT2D eigenvalue weighted by molar-refractivity contribution is 5.22. The number of aromatic nitrogens is 2. The Bertz CT molecular complexity index is 755. The standard InChI is InChI=1S/C20H22N4O/c21-11-19-22-12-16(13-23-19)20(25)9-17-7-4-8-18(10-20)24(17)14-15-5-2-1-3-6-15/h1-3,5-6,12-13,17-18,25H,4,7-10,14H2. The van der Waals surface area contributed by atoms with E-state index in [2.05, 4.69) is 39.1 Å². The van der Waals surface area contributed by atoms with Crippen molar-refractivity contribution in [1.82, 2.24) is 14.9 Å². The van der Waals surface area contributed by atoms with Gasteiger partial charge in [0.2, 0.25) is 5.82 Å². The summed E-state index contributed by atoms with van der Waals surface area (Å²) < 4.78 is 0. The van der Waals surface area contributed by atoms with Crippen molar-refractivity contribution < 1.29 is 5.11 Å². The van der Waals surface area contributed by atoms with E-state index in [1.54, 1.807) is 12.4 Å².